The van der Waals surface area contributed by atoms with E-state index in [1.165, 1.54) is 12.4 Å². The van der Waals surface area contributed by atoms with Crippen molar-refractivity contribution in [3.8, 4) is 12.3 Å². The Hall–Kier alpha value is -3.11. The number of nitrogens with zero attached hydrogens (tertiary/aromatic N) is 3. The van der Waals surface area contributed by atoms with Gasteiger partial charge >= 0.3 is 0 Å². The molecule has 0 bridgehead atoms. The monoisotopic (exact) mass is 409 g/mol. The maximum Gasteiger partial charge on any atom is 0.248 e. The van der Waals surface area contributed by atoms with E-state index >= 15 is 0 Å². The first-order valence-electron chi connectivity index (χ1n) is 7.82. The molecule has 7 heteroatoms. The van der Waals surface area contributed by atoms with Gasteiger partial charge in [0.05, 0.1) is 11.9 Å². The van der Waals surface area contributed by atoms with Crippen molar-refractivity contribution in [1.29, 1.82) is 0 Å². The van der Waals surface area contributed by atoms with Crippen LogP contribution in [0.4, 0.5) is 17.2 Å². The summed E-state index contributed by atoms with van der Waals surface area (Å²) in [5.74, 6) is 3.04. The van der Waals surface area contributed by atoms with Crippen LogP contribution >= 0.6 is 15.9 Å². The van der Waals surface area contributed by atoms with E-state index < -0.39 is 0 Å². The highest BCUT2D eigenvalue weighted by Crippen LogP contribution is 2.28. The Balaban J connectivity index is 1.96. The fourth-order valence-electron chi connectivity index (χ4n) is 2.53. The van der Waals surface area contributed by atoms with Crippen LogP contribution in [0.3, 0.4) is 0 Å². The van der Waals surface area contributed by atoms with Crippen LogP contribution in [0.5, 0.6) is 0 Å². The number of carbonyl (C=O) groups is 1. The fourth-order valence-corrected chi connectivity index (χ4v) is 2.71. The number of rotatable bonds is 5. The first-order chi connectivity index (χ1) is 12.6. The van der Waals surface area contributed by atoms with Crippen molar-refractivity contribution in [2.24, 2.45) is 0 Å². The predicted molar refractivity (Wildman–Crippen MR) is 107 cm³/mol. The number of anilines is 3. The minimum atomic E-state index is -0.201. The highest BCUT2D eigenvalue weighted by atomic mass is 79.9. The Morgan fingerprint density at radius 2 is 2.31 bits per heavy atom. The molecule has 2 N–H and O–H groups in total. The minimum absolute atomic E-state index is 0.201. The second-order valence-electron chi connectivity index (χ2n) is 5.47. The van der Waals surface area contributed by atoms with Gasteiger partial charge in [-0.2, -0.15) is 5.10 Å². The van der Waals surface area contributed by atoms with Crippen LogP contribution in [0.1, 0.15) is 11.1 Å². The molecule has 0 aliphatic carbocycles. The van der Waals surface area contributed by atoms with Gasteiger partial charge in [-0.05, 0) is 25.1 Å². The first kappa shape index (κ1) is 17.7. The molecule has 0 spiro atoms. The summed E-state index contributed by atoms with van der Waals surface area (Å²) >= 11 is 3.25. The van der Waals surface area contributed by atoms with E-state index in [1.54, 1.807) is 16.8 Å². The van der Waals surface area contributed by atoms with E-state index in [-0.39, 0.29) is 5.91 Å². The van der Waals surface area contributed by atoms with Crippen LogP contribution in [0, 0.1) is 19.3 Å². The van der Waals surface area contributed by atoms with Gasteiger partial charge in [-0.25, -0.2) is 9.50 Å². The van der Waals surface area contributed by atoms with Crippen molar-refractivity contribution in [2.45, 2.75) is 6.92 Å². The number of aryl methyl sites for hydroxylation is 1. The quantitative estimate of drug-likeness (QED) is 0.383. The summed E-state index contributed by atoms with van der Waals surface area (Å²) in [4.78, 5) is 16.3. The zero-order valence-corrected chi connectivity index (χ0v) is 15.6. The number of terminal acetylenes is 1. The first-order valence-corrected chi connectivity index (χ1v) is 8.94. The van der Waals surface area contributed by atoms with Crippen LogP contribution in [-0.4, -0.2) is 25.8 Å². The molecule has 3 rings (SSSR count). The molecule has 0 radical (unpaired) electrons. The highest BCUT2D eigenvalue weighted by molar-refractivity contribution is 9.09. The van der Waals surface area contributed by atoms with Gasteiger partial charge in [0, 0.05) is 28.2 Å². The number of allylic oxidation sites excluding steroid dienone is 1. The molecular formula is C19H16BrN5O. The van der Waals surface area contributed by atoms with Crippen molar-refractivity contribution in [2.75, 3.05) is 16.0 Å². The van der Waals surface area contributed by atoms with Gasteiger partial charge in [0.25, 0.3) is 0 Å². The molecule has 26 heavy (non-hydrogen) atoms. The molecule has 0 aliphatic heterocycles. The molecule has 6 nitrogen and oxygen atoms in total. The van der Waals surface area contributed by atoms with E-state index in [2.05, 4.69) is 42.6 Å². The number of fused-ring (bicyclic) bond motifs is 1. The normalized spacial score (nSPS) is 10.8. The molecule has 0 aliphatic rings. The number of halogens is 1. The molecule has 0 unspecified atom stereocenters. The maximum absolute atomic E-state index is 11.9. The molecule has 0 atom stereocenters. The van der Waals surface area contributed by atoms with Crippen LogP contribution in [0.2, 0.25) is 0 Å². The Labute approximate surface area is 159 Å². The van der Waals surface area contributed by atoms with Crippen molar-refractivity contribution in [1.82, 2.24) is 14.6 Å². The van der Waals surface area contributed by atoms with Crippen LogP contribution in [-0.2, 0) is 4.79 Å². The van der Waals surface area contributed by atoms with E-state index in [4.69, 9.17) is 6.42 Å². The average Bonchev–Trinajstić information content (AvgIpc) is 2.96. The number of aromatic nitrogens is 3. The Morgan fingerprint density at radius 1 is 1.46 bits per heavy atom. The SMILES string of the molecule is C#Cc1cccc(Nc2ncnn3cc(NC(=O)/C=C/CBr)c(C)c23)c1. The number of amides is 1. The fraction of sp³-hybridized carbons (Fsp3) is 0.105. The average molecular weight is 410 g/mol. The maximum atomic E-state index is 11.9. The summed E-state index contributed by atoms with van der Waals surface area (Å²) in [5.41, 5.74) is 3.92. The van der Waals surface area contributed by atoms with Gasteiger partial charge < -0.3 is 10.6 Å². The van der Waals surface area contributed by atoms with Gasteiger partial charge in [0.15, 0.2) is 5.82 Å². The van der Waals surface area contributed by atoms with Gasteiger partial charge in [-0.15, -0.1) is 6.42 Å². The van der Waals surface area contributed by atoms with E-state index in [9.17, 15) is 4.79 Å². The lowest BCUT2D eigenvalue weighted by molar-refractivity contribution is -0.111. The number of carbonyl (C=O) groups excluding carboxylic acids is 1. The predicted octanol–water partition coefficient (Wildman–Crippen LogP) is 3.65. The van der Waals surface area contributed by atoms with Crippen molar-refractivity contribution in [3.05, 3.63) is 60.1 Å². The van der Waals surface area contributed by atoms with E-state index in [0.717, 1.165) is 22.3 Å². The Kier molecular flexibility index (Phi) is 5.34. The third-order valence-corrected chi connectivity index (χ3v) is 4.11. The van der Waals surface area contributed by atoms with E-state index in [0.29, 0.717) is 16.8 Å². The van der Waals surface area contributed by atoms with Gasteiger partial charge in [-0.3, -0.25) is 4.79 Å². The summed E-state index contributed by atoms with van der Waals surface area (Å²) in [6.45, 7) is 1.91. The number of benzene rings is 1. The van der Waals surface area contributed by atoms with Crippen LogP contribution in [0.25, 0.3) is 5.52 Å². The lowest BCUT2D eigenvalue weighted by Gasteiger charge is -2.08. The summed E-state index contributed by atoms with van der Waals surface area (Å²) < 4.78 is 1.68. The highest BCUT2D eigenvalue weighted by Gasteiger charge is 2.14. The van der Waals surface area contributed by atoms with E-state index in [1.807, 2.05) is 31.2 Å². The van der Waals surface area contributed by atoms with Crippen molar-refractivity contribution < 1.29 is 4.79 Å². The molecule has 0 saturated heterocycles. The molecule has 0 fully saturated rings. The lowest BCUT2D eigenvalue weighted by Crippen LogP contribution is -2.08. The largest absolute Gasteiger partial charge is 0.338 e. The summed E-state index contributed by atoms with van der Waals surface area (Å²) in [6, 6.07) is 7.51. The molecular weight excluding hydrogens is 394 g/mol. The molecule has 1 amide bonds. The number of hydrogen-bond acceptors (Lipinski definition) is 4. The number of nitrogens with one attached hydrogen (secondary N) is 2. The van der Waals surface area contributed by atoms with Crippen molar-refractivity contribution in [3.63, 3.8) is 0 Å². The Morgan fingerprint density at radius 3 is 3.08 bits per heavy atom. The van der Waals surface area contributed by atoms with Crippen LogP contribution < -0.4 is 10.6 Å². The minimum Gasteiger partial charge on any atom is -0.338 e. The molecule has 2 heterocycles. The lowest BCUT2D eigenvalue weighted by atomic mass is 10.2. The molecule has 2 aromatic heterocycles. The number of alkyl halides is 1. The summed E-state index contributed by atoms with van der Waals surface area (Å²) in [7, 11) is 0. The number of hydrogen-bond donors (Lipinski definition) is 2. The zero-order chi connectivity index (χ0) is 18.5. The standard InChI is InChI=1S/C19H16BrN5O/c1-3-14-6-4-7-15(10-14)23-19-18-13(2)16(11-25(18)22-12-21-19)24-17(26)8-5-9-20/h1,4-8,10-12H,9H2,2H3,(H,24,26)(H,21,22,23)/b8-5+. The molecule has 3 aromatic rings. The second-order valence-corrected chi connectivity index (χ2v) is 6.11. The molecule has 0 saturated carbocycles. The van der Waals surface area contributed by atoms with Gasteiger partial charge in [0.2, 0.25) is 5.91 Å². The topological polar surface area (TPSA) is 71.3 Å². The summed E-state index contributed by atoms with van der Waals surface area (Å²) in [6.07, 6.45) is 11.9. The molecule has 130 valence electrons. The molecule has 1 aromatic carbocycles. The van der Waals surface area contributed by atoms with Crippen molar-refractivity contribution >= 4 is 44.5 Å². The third-order valence-electron chi connectivity index (χ3n) is 3.74. The third kappa shape index (κ3) is 3.76. The second kappa shape index (κ2) is 7.85. The summed E-state index contributed by atoms with van der Waals surface area (Å²) in [5, 5.41) is 11.0. The smallest absolute Gasteiger partial charge is 0.248 e. The van der Waals surface area contributed by atoms with Crippen LogP contribution in [0.15, 0.2) is 48.9 Å². The zero-order valence-electron chi connectivity index (χ0n) is 14.0. The van der Waals surface area contributed by atoms with Gasteiger partial charge in [0.1, 0.15) is 11.8 Å². The Bertz CT molecular complexity index is 1030. The van der Waals surface area contributed by atoms with Gasteiger partial charge in [-0.1, -0.05) is 34.0 Å².